The van der Waals surface area contributed by atoms with Crippen LogP contribution < -0.4 is 15.4 Å². The van der Waals surface area contributed by atoms with Crippen LogP contribution in [0.1, 0.15) is 23.7 Å². The monoisotopic (exact) mass is 326 g/mol. The van der Waals surface area contributed by atoms with Crippen LogP contribution in [0.15, 0.2) is 47.6 Å². The van der Waals surface area contributed by atoms with Crippen LogP contribution in [-0.2, 0) is 13.0 Å². The molecule has 2 aromatic rings. The van der Waals surface area contributed by atoms with Gasteiger partial charge < -0.3 is 15.4 Å². The van der Waals surface area contributed by atoms with Crippen molar-refractivity contribution in [1.82, 2.24) is 15.6 Å². The minimum atomic E-state index is 0.608. The number of ether oxygens (including phenoxy) is 1. The quantitative estimate of drug-likeness (QED) is 0.607. The highest BCUT2D eigenvalue weighted by atomic mass is 16.5. The van der Waals surface area contributed by atoms with Crippen molar-refractivity contribution in [3.63, 3.8) is 0 Å². The summed E-state index contributed by atoms with van der Waals surface area (Å²) in [6, 6.07) is 12.1. The predicted molar refractivity (Wildman–Crippen MR) is 98.5 cm³/mol. The third kappa shape index (κ3) is 5.91. The van der Waals surface area contributed by atoms with Crippen LogP contribution in [0.4, 0.5) is 0 Å². The lowest BCUT2D eigenvalue weighted by Crippen LogP contribution is -2.38. The number of rotatable bonds is 7. The van der Waals surface area contributed by atoms with Crippen molar-refractivity contribution in [3.8, 4) is 5.75 Å². The second-order valence-corrected chi connectivity index (χ2v) is 5.55. The summed E-state index contributed by atoms with van der Waals surface area (Å²) >= 11 is 0. The molecule has 0 bridgehead atoms. The van der Waals surface area contributed by atoms with Gasteiger partial charge in [0.25, 0.3) is 0 Å². The first kappa shape index (κ1) is 17.8. The number of nitrogens with zero attached hydrogens (tertiary/aromatic N) is 2. The minimum Gasteiger partial charge on any atom is -0.497 e. The highest BCUT2D eigenvalue weighted by Gasteiger charge is 2.01. The van der Waals surface area contributed by atoms with Crippen LogP contribution >= 0.6 is 0 Å². The number of methoxy groups -OCH3 is 1. The Balaban J connectivity index is 1.93. The molecular formula is C19H26N4O. The maximum Gasteiger partial charge on any atom is 0.191 e. The molecule has 5 nitrogen and oxygen atoms in total. The van der Waals surface area contributed by atoms with Gasteiger partial charge in [-0.25, -0.2) is 4.99 Å². The van der Waals surface area contributed by atoms with Crippen molar-refractivity contribution < 1.29 is 4.74 Å². The Bertz CT molecular complexity index is 656. The lowest BCUT2D eigenvalue weighted by atomic mass is 10.1. The summed E-state index contributed by atoms with van der Waals surface area (Å²) in [4.78, 5) is 8.98. The largest absolute Gasteiger partial charge is 0.497 e. The molecule has 24 heavy (non-hydrogen) atoms. The van der Waals surface area contributed by atoms with E-state index in [2.05, 4.69) is 40.5 Å². The molecule has 128 valence electrons. The number of hydrogen-bond donors (Lipinski definition) is 2. The zero-order chi connectivity index (χ0) is 17.2. The van der Waals surface area contributed by atoms with Crippen molar-refractivity contribution in [2.75, 3.05) is 20.2 Å². The van der Waals surface area contributed by atoms with Gasteiger partial charge in [0.15, 0.2) is 5.96 Å². The van der Waals surface area contributed by atoms with Gasteiger partial charge in [-0.1, -0.05) is 12.1 Å². The summed E-state index contributed by atoms with van der Waals surface area (Å²) in [5.41, 5.74) is 3.38. The standard InChI is InChI=1S/C19H26N4O/c1-4-20-19(22-10-8-17-7-5-6-9-21-17)23-14-16-11-15(2)12-18(13-16)24-3/h5-7,9,11-13H,4,8,10,14H2,1-3H3,(H2,20,22,23). The van der Waals surface area contributed by atoms with E-state index in [1.54, 1.807) is 7.11 Å². The van der Waals surface area contributed by atoms with E-state index >= 15 is 0 Å². The van der Waals surface area contributed by atoms with Crippen molar-refractivity contribution in [2.24, 2.45) is 4.99 Å². The first-order valence-corrected chi connectivity index (χ1v) is 8.28. The van der Waals surface area contributed by atoms with Gasteiger partial charge in [0.05, 0.1) is 13.7 Å². The van der Waals surface area contributed by atoms with Crippen LogP contribution in [0.25, 0.3) is 0 Å². The zero-order valence-corrected chi connectivity index (χ0v) is 14.7. The summed E-state index contributed by atoms with van der Waals surface area (Å²) in [6.07, 6.45) is 2.68. The second kappa shape index (κ2) is 9.55. The molecule has 0 spiro atoms. The fraction of sp³-hybridized carbons (Fsp3) is 0.368. The molecule has 0 saturated carbocycles. The predicted octanol–water partition coefficient (Wildman–Crippen LogP) is 2.70. The summed E-state index contributed by atoms with van der Waals surface area (Å²) in [5, 5.41) is 6.62. The molecule has 0 aliphatic rings. The summed E-state index contributed by atoms with van der Waals surface area (Å²) < 4.78 is 5.32. The first-order valence-electron chi connectivity index (χ1n) is 8.28. The van der Waals surface area contributed by atoms with Crippen molar-refractivity contribution in [2.45, 2.75) is 26.8 Å². The number of aryl methyl sites for hydroxylation is 1. The molecule has 1 aromatic heterocycles. The topological polar surface area (TPSA) is 58.5 Å². The highest BCUT2D eigenvalue weighted by Crippen LogP contribution is 2.16. The molecule has 0 radical (unpaired) electrons. The number of pyridine rings is 1. The van der Waals surface area contributed by atoms with Gasteiger partial charge in [0, 0.05) is 31.4 Å². The minimum absolute atomic E-state index is 0.608. The Hall–Kier alpha value is -2.56. The van der Waals surface area contributed by atoms with Gasteiger partial charge in [-0.3, -0.25) is 4.98 Å². The summed E-state index contributed by atoms with van der Waals surface area (Å²) in [5.74, 6) is 1.68. The van der Waals surface area contributed by atoms with E-state index in [-0.39, 0.29) is 0 Å². The summed E-state index contributed by atoms with van der Waals surface area (Å²) in [6.45, 7) is 6.35. The van der Waals surface area contributed by atoms with Gasteiger partial charge in [-0.2, -0.15) is 0 Å². The van der Waals surface area contributed by atoms with Crippen molar-refractivity contribution in [3.05, 3.63) is 59.4 Å². The number of aromatic nitrogens is 1. The Morgan fingerprint density at radius 3 is 2.79 bits per heavy atom. The third-order valence-electron chi connectivity index (χ3n) is 3.51. The first-order chi connectivity index (χ1) is 11.7. The number of nitrogens with one attached hydrogen (secondary N) is 2. The van der Waals surface area contributed by atoms with E-state index < -0.39 is 0 Å². The number of aliphatic imine (C=N–C) groups is 1. The average Bonchev–Trinajstić information content (AvgIpc) is 2.60. The van der Waals surface area contributed by atoms with Crippen LogP contribution in [0, 0.1) is 6.92 Å². The van der Waals surface area contributed by atoms with Crippen LogP contribution in [0.3, 0.4) is 0 Å². The van der Waals surface area contributed by atoms with Crippen molar-refractivity contribution >= 4 is 5.96 Å². The number of hydrogen-bond acceptors (Lipinski definition) is 3. The van der Waals surface area contributed by atoms with Crippen LogP contribution in [-0.4, -0.2) is 31.1 Å². The molecule has 0 aliphatic heterocycles. The van der Waals surface area contributed by atoms with Crippen molar-refractivity contribution in [1.29, 1.82) is 0 Å². The molecule has 2 N–H and O–H groups in total. The molecule has 0 aliphatic carbocycles. The Morgan fingerprint density at radius 2 is 2.08 bits per heavy atom. The summed E-state index contributed by atoms with van der Waals surface area (Å²) in [7, 11) is 1.69. The molecule has 0 unspecified atom stereocenters. The van der Waals surface area contributed by atoms with Gasteiger partial charge in [-0.15, -0.1) is 0 Å². The van der Waals surface area contributed by atoms with E-state index in [1.165, 1.54) is 5.56 Å². The van der Waals surface area contributed by atoms with E-state index in [0.717, 1.165) is 42.5 Å². The Morgan fingerprint density at radius 1 is 1.21 bits per heavy atom. The highest BCUT2D eigenvalue weighted by molar-refractivity contribution is 5.79. The van der Waals surface area contributed by atoms with E-state index in [1.807, 2.05) is 36.5 Å². The van der Waals surface area contributed by atoms with E-state index in [4.69, 9.17) is 4.74 Å². The Labute approximate surface area is 144 Å². The third-order valence-corrected chi connectivity index (χ3v) is 3.51. The SMILES string of the molecule is CCNC(=NCc1cc(C)cc(OC)c1)NCCc1ccccn1. The van der Waals surface area contributed by atoms with E-state index in [0.29, 0.717) is 6.54 Å². The fourth-order valence-electron chi connectivity index (χ4n) is 2.40. The molecule has 1 aromatic carbocycles. The van der Waals surface area contributed by atoms with Gasteiger partial charge in [0.1, 0.15) is 5.75 Å². The molecular weight excluding hydrogens is 300 g/mol. The molecule has 0 saturated heterocycles. The normalized spacial score (nSPS) is 11.2. The lowest BCUT2D eigenvalue weighted by Gasteiger charge is -2.11. The lowest BCUT2D eigenvalue weighted by molar-refractivity contribution is 0.414. The van der Waals surface area contributed by atoms with Gasteiger partial charge in [-0.05, 0) is 49.2 Å². The Kier molecular flexibility index (Phi) is 7.08. The fourth-order valence-corrected chi connectivity index (χ4v) is 2.40. The molecule has 1 heterocycles. The molecule has 0 atom stereocenters. The molecule has 2 rings (SSSR count). The molecule has 0 fully saturated rings. The van der Waals surface area contributed by atoms with Crippen LogP contribution in [0.5, 0.6) is 5.75 Å². The maximum absolute atomic E-state index is 5.32. The smallest absolute Gasteiger partial charge is 0.191 e. The van der Waals surface area contributed by atoms with Gasteiger partial charge >= 0.3 is 0 Å². The second-order valence-electron chi connectivity index (χ2n) is 5.55. The number of guanidine groups is 1. The maximum atomic E-state index is 5.32. The zero-order valence-electron chi connectivity index (χ0n) is 14.7. The van der Waals surface area contributed by atoms with Gasteiger partial charge in [0.2, 0.25) is 0 Å². The molecule has 5 heteroatoms. The molecule has 0 amide bonds. The van der Waals surface area contributed by atoms with E-state index in [9.17, 15) is 0 Å². The average molecular weight is 326 g/mol. The van der Waals surface area contributed by atoms with Crippen LogP contribution in [0.2, 0.25) is 0 Å². The number of benzene rings is 1.